The van der Waals surface area contributed by atoms with E-state index in [0.29, 0.717) is 12.1 Å². The minimum Gasteiger partial charge on any atom is -0.352 e. The summed E-state index contributed by atoms with van der Waals surface area (Å²) in [6, 6.07) is 7.98. The monoisotopic (exact) mass is 359 g/mol. The molecule has 0 atom stereocenters. The fourth-order valence-electron chi connectivity index (χ4n) is 3.01. The lowest BCUT2D eigenvalue weighted by Gasteiger charge is -2.21. The van der Waals surface area contributed by atoms with Crippen LogP contribution in [0.25, 0.3) is 5.69 Å². The fourth-order valence-corrected chi connectivity index (χ4v) is 3.01. The van der Waals surface area contributed by atoms with Crippen molar-refractivity contribution in [3.05, 3.63) is 53.1 Å². The third kappa shape index (κ3) is 4.31. The Morgan fingerprint density at radius 2 is 1.81 bits per heavy atom. The number of amides is 2. The van der Waals surface area contributed by atoms with Crippen molar-refractivity contribution in [1.29, 1.82) is 0 Å². The summed E-state index contributed by atoms with van der Waals surface area (Å²) in [5.41, 5.74) is 2.98. The Hall–Kier alpha value is -2.63. The molecule has 2 amide bonds. The Kier molecular flexibility index (Phi) is 6.18. The third-order valence-corrected chi connectivity index (χ3v) is 4.20. The van der Waals surface area contributed by atoms with Crippen molar-refractivity contribution in [3.63, 3.8) is 0 Å². The maximum atomic E-state index is 13.2. The average molecular weight is 359 g/mol. The maximum Gasteiger partial charge on any atom is 0.256 e. The smallest absolute Gasteiger partial charge is 0.256 e. The Morgan fingerprint density at radius 1 is 1.19 bits per heavy atom. The molecule has 26 heavy (non-hydrogen) atoms. The van der Waals surface area contributed by atoms with E-state index in [1.165, 1.54) is 17.0 Å². The molecule has 2 aromatic rings. The summed E-state index contributed by atoms with van der Waals surface area (Å²) >= 11 is 0. The third-order valence-electron chi connectivity index (χ3n) is 4.20. The Bertz CT molecular complexity index is 794. The molecule has 1 N–H and O–H groups in total. The van der Waals surface area contributed by atoms with Crippen LogP contribution in [-0.2, 0) is 4.79 Å². The molecule has 5 nitrogen and oxygen atoms in total. The minimum atomic E-state index is -0.305. The van der Waals surface area contributed by atoms with E-state index >= 15 is 0 Å². The van der Waals surface area contributed by atoms with Gasteiger partial charge >= 0.3 is 0 Å². The summed E-state index contributed by atoms with van der Waals surface area (Å²) in [4.78, 5) is 26.5. The normalized spacial score (nSPS) is 10.9. The summed E-state index contributed by atoms with van der Waals surface area (Å²) in [6.45, 7) is 9.82. The van der Waals surface area contributed by atoms with Crippen molar-refractivity contribution in [1.82, 2.24) is 14.8 Å². The number of aromatic nitrogens is 1. The number of aryl methyl sites for hydroxylation is 1. The first-order chi connectivity index (χ1) is 12.2. The van der Waals surface area contributed by atoms with Crippen LogP contribution in [0.3, 0.4) is 0 Å². The number of benzene rings is 1. The van der Waals surface area contributed by atoms with Gasteiger partial charge in [0, 0.05) is 29.7 Å². The summed E-state index contributed by atoms with van der Waals surface area (Å²) in [7, 11) is 0. The van der Waals surface area contributed by atoms with Crippen molar-refractivity contribution >= 4 is 11.8 Å². The summed E-state index contributed by atoms with van der Waals surface area (Å²) < 4.78 is 15.1. The molecule has 6 heteroatoms. The summed E-state index contributed by atoms with van der Waals surface area (Å²) in [5.74, 6) is -0.670. The van der Waals surface area contributed by atoms with Gasteiger partial charge < -0.3 is 14.8 Å². The zero-order valence-corrected chi connectivity index (χ0v) is 16.0. The van der Waals surface area contributed by atoms with Crippen LogP contribution in [0, 0.1) is 19.7 Å². The van der Waals surface area contributed by atoms with E-state index in [1.54, 1.807) is 12.1 Å². The molecule has 1 aromatic heterocycles. The van der Waals surface area contributed by atoms with Crippen LogP contribution < -0.4 is 5.32 Å². The molecular formula is C20H26FN3O2. The van der Waals surface area contributed by atoms with Crippen molar-refractivity contribution in [3.8, 4) is 5.69 Å². The van der Waals surface area contributed by atoms with Gasteiger partial charge in [0.2, 0.25) is 5.91 Å². The molecule has 1 aromatic carbocycles. The molecule has 0 aliphatic carbocycles. The first-order valence-electron chi connectivity index (χ1n) is 8.78. The van der Waals surface area contributed by atoms with Gasteiger partial charge in [-0.25, -0.2) is 4.39 Å². The lowest BCUT2D eigenvalue weighted by Crippen LogP contribution is -2.42. The van der Waals surface area contributed by atoms with Crippen molar-refractivity contribution in [2.24, 2.45) is 0 Å². The maximum absolute atomic E-state index is 13.2. The van der Waals surface area contributed by atoms with E-state index in [4.69, 9.17) is 0 Å². The van der Waals surface area contributed by atoms with Crippen LogP contribution in [0.5, 0.6) is 0 Å². The number of carbonyl (C=O) groups is 2. The Balaban J connectivity index is 2.30. The van der Waals surface area contributed by atoms with E-state index in [-0.39, 0.29) is 30.2 Å². The molecular weight excluding hydrogens is 333 g/mol. The highest BCUT2D eigenvalue weighted by Crippen LogP contribution is 2.22. The second kappa shape index (κ2) is 8.17. The molecule has 2 rings (SSSR count). The van der Waals surface area contributed by atoms with E-state index in [2.05, 4.69) is 5.32 Å². The molecule has 0 saturated heterocycles. The van der Waals surface area contributed by atoms with Crippen LogP contribution in [0.1, 0.15) is 42.5 Å². The van der Waals surface area contributed by atoms with Gasteiger partial charge in [-0.05, 0) is 65.0 Å². The lowest BCUT2D eigenvalue weighted by atomic mass is 10.2. The molecule has 0 aliphatic heterocycles. The molecule has 0 saturated carbocycles. The number of likely N-dealkylation sites (N-methyl/N-ethyl adjacent to an activating group) is 1. The van der Waals surface area contributed by atoms with Crippen molar-refractivity contribution in [2.45, 2.75) is 40.7 Å². The van der Waals surface area contributed by atoms with Gasteiger partial charge in [-0.2, -0.15) is 0 Å². The van der Waals surface area contributed by atoms with Crippen LogP contribution >= 0.6 is 0 Å². The van der Waals surface area contributed by atoms with Gasteiger partial charge in [0.15, 0.2) is 0 Å². The quantitative estimate of drug-likeness (QED) is 0.861. The number of nitrogens with one attached hydrogen (secondary N) is 1. The van der Waals surface area contributed by atoms with Gasteiger partial charge in [-0.1, -0.05) is 0 Å². The fraction of sp³-hybridized carbons (Fsp3) is 0.400. The molecule has 140 valence electrons. The van der Waals surface area contributed by atoms with Crippen LogP contribution in [0.4, 0.5) is 4.39 Å². The van der Waals surface area contributed by atoms with Gasteiger partial charge in [0.1, 0.15) is 5.82 Å². The molecule has 0 spiro atoms. The number of halogens is 1. The number of nitrogens with zero attached hydrogens (tertiary/aromatic N) is 2. The first-order valence-corrected chi connectivity index (χ1v) is 8.78. The first kappa shape index (κ1) is 19.7. The highest BCUT2D eigenvalue weighted by molar-refractivity contribution is 5.98. The van der Waals surface area contributed by atoms with Gasteiger partial charge in [0.25, 0.3) is 5.91 Å². The molecule has 0 aliphatic rings. The second-order valence-corrected chi connectivity index (χ2v) is 6.64. The zero-order valence-electron chi connectivity index (χ0n) is 16.0. The summed E-state index contributed by atoms with van der Waals surface area (Å²) in [6.07, 6.45) is 0. The van der Waals surface area contributed by atoms with Crippen LogP contribution in [0.2, 0.25) is 0 Å². The summed E-state index contributed by atoms with van der Waals surface area (Å²) in [5, 5.41) is 2.80. The predicted molar refractivity (Wildman–Crippen MR) is 100 cm³/mol. The van der Waals surface area contributed by atoms with Gasteiger partial charge in [0.05, 0.1) is 12.1 Å². The highest BCUT2D eigenvalue weighted by Gasteiger charge is 2.22. The number of hydrogen-bond donors (Lipinski definition) is 1. The molecule has 0 unspecified atom stereocenters. The minimum absolute atomic E-state index is 0.0216. The zero-order chi connectivity index (χ0) is 19.4. The number of hydrogen-bond acceptors (Lipinski definition) is 2. The van der Waals surface area contributed by atoms with E-state index in [1.807, 2.05) is 45.3 Å². The molecule has 0 radical (unpaired) electrons. The van der Waals surface area contributed by atoms with Crippen LogP contribution in [-0.4, -0.2) is 40.4 Å². The van der Waals surface area contributed by atoms with Crippen LogP contribution in [0.15, 0.2) is 30.3 Å². The number of rotatable bonds is 6. The second-order valence-electron chi connectivity index (χ2n) is 6.64. The van der Waals surface area contributed by atoms with E-state index in [0.717, 1.165) is 17.1 Å². The van der Waals surface area contributed by atoms with Gasteiger partial charge in [-0.15, -0.1) is 0 Å². The van der Waals surface area contributed by atoms with E-state index < -0.39 is 0 Å². The Labute approximate surface area is 153 Å². The topological polar surface area (TPSA) is 54.3 Å². The molecule has 1 heterocycles. The largest absolute Gasteiger partial charge is 0.352 e. The standard InChI is InChI=1S/C20H26FN3O2/c1-6-23(12-19(25)22-13(2)3)20(26)18-11-14(4)24(15(18)5)17-9-7-16(21)8-10-17/h7-11,13H,6,12H2,1-5H3,(H,22,25). The SMILES string of the molecule is CCN(CC(=O)NC(C)C)C(=O)c1cc(C)n(-c2ccc(F)cc2)c1C. The molecule has 0 fully saturated rings. The van der Waals surface area contributed by atoms with Crippen molar-refractivity contribution < 1.29 is 14.0 Å². The lowest BCUT2D eigenvalue weighted by molar-refractivity contribution is -0.122. The molecule has 0 bridgehead atoms. The Morgan fingerprint density at radius 3 is 2.35 bits per heavy atom. The van der Waals surface area contributed by atoms with Crippen molar-refractivity contribution in [2.75, 3.05) is 13.1 Å². The number of carbonyl (C=O) groups excluding carboxylic acids is 2. The predicted octanol–water partition coefficient (Wildman–Crippen LogP) is 3.22. The van der Waals surface area contributed by atoms with Gasteiger partial charge in [-0.3, -0.25) is 9.59 Å². The highest BCUT2D eigenvalue weighted by atomic mass is 19.1. The average Bonchev–Trinajstić information content (AvgIpc) is 2.87. The van der Waals surface area contributed by atoms with E-state index in [9.17, 15) is 14.0 Å².